The number of anilines is 1. The summed E-state index contributed by atoms with van der Waals surface area (Å²) < 4.78 is 1.12. The van der Waals surface area contributed by atoms with Gasteiger partial charge in [0.05, 0.1) is 5.52 Å². The fourth-order valence-electron chi connectivity index (χ4n) is 3.25. The molecule has 1 saturated heterocycles. The Balaban J connectivity index is 1.81. The van der Waals surface area contributed by atoms with E-state index in [-0.39, 0.29) is 0 Å². The highest BCUT2D eigenvalue weighted by Crippen LogP contribution is 2.31. The van der Waals surface area contributed by atoms with Gasteiger partial charge in [-0.05, 0) is 57.1 Å². The lowest BCUT2D eigenvalue weighted by atomic mass is 9.95. The number of benzene rings is 1. The van der Waals surface area contributed by atoms with Crippen LogP contribution >= 0.6 is 15.9 Å². The van der Waals surface area contributed by atoms with Gasteiger partial charge in [0.1, 0.15) is 0 Å². The summed E-state index contributed by atoms with van der Waals surface area (Å²) in [5, 5.41) is 1.25. The first-order valence-corrected chi connectivity index (χ1v) is 8.37. The monoisotopic (exact) mass is 347 g/mol. The lowest BCUT2D eigenvalue weighted by molar-refractivity contribution is 0.285. The molecular weight excluding hydrogens is 326 g/mol. The molecule has 1 aliphatic heterocycles. The Bertz CT molecular complexity index is 618. The second-order valence-corrected chi connectivity index (χ2v) is 7.10. The van der Waals surface area contributed by atoms with Crippen LogP contribution in [0, 0.1) is 5.92 Å². The number of pyridine rings is 1. The molecule has 1 fully saturated rings. The topological polar surface area (TPSA) is 19.4 Å². The van der Waals surface area contributed by atoms with Crippen molar-refractivity contribution in [1.82, 2.24) is 9.88 Å². The number of aromatic nitrogens is 1. The van der Waals surface area contributed by atoms with Crippen molar-refractivity contribution in [2.24, 2.45) is 5.92 Å². The van der Waals surface area contributed by atoms with Gasteiger partial charge in [0, 0.05) is 41.4 Å². The van der Waals surface area contributed by atoms with Crippen LogP contribution in [0.3, 0.4) is 0 Å². The molecule has 0 aliphatic carbocycles. The predicted octanol–water partition coefficient (Wildman–Crippen LogP) is 3.78. The summed E-state index contributed by atoms with van der Waals surface area (Å²) in [6, 6.07) is 8.48. The molecule has 1 aromatic heterocycles. The molecule has 2 heterocycles. The molecular formula is C17H22BrN3. The molecule has 3 nitrogen and oxygen atoms in total. The third-order valence-corrected chi connectivity index (χ3v) is 4.75. The molecule has 0 spiro atoms. The van der Waals surface area contributed by atoms with E-state index in [0.29, 0.717) is 0 Å². The Morgan fingerprint density at radius 2 is 2.00 bits per heavy atom. The average molecular weight is 348 g/mol. The summed E-state index contributed by atoms with van der Waals surface area (Å²) in [6.07, 6.45) is 4.48. The fourth-order valence-corrected chi connectivity index (χ4v) is 3.61. The second-order valence-electron chi connectivity index (χ2n) is 6.18. The Hall–Kier alpha value is -1.13. The summed E-state index contributed by atoms with van der Waals surface area (Å²) in [5.74, 6) is 0.830. The lowest BCUT2D eigenvalue weighted by Gasteiger charge is -2.35. The molecule has 0 amide bonds. The van der Waals surface area contributed by atoms with Gasteiger partial charge >= 0.3 is 0 Å². The highest BCUT2D eigenvalue weighted by Gasteiger charge is 2.21. The molecule has 1 aliphatic rings. The van der Waals surface area contributed by atoms with Gasteiger partial charge in [-0.1, -0.05) is 15.9 Å². The maximum Gasteiger partial charge on any atom is 0.0723 e. The van der Waals surface area contributed by atoms with Gasteiger partial charge in [0.2, 0.25) is 0 Å². The molecule has 0 atom stereocenters. The zero-order valence-electron chi connectivity index (χ0n) is 12.7. The van der Waals surface area contributed by atoms with Crippen LogP contribution in [0.15, 0.2) is 34.9 Å². The quantitative estimate of drug-likeness (QED) is 0.842. The lowest BCUT2D eigenvalue weighted by Crippen LogP contribution is -2.37. The van der Waals surface area contributed by atoms with E-state index in [9.17, 15) is 0 Å². The number of piperidine rings is 1. The second kappa shape index (κ2) is 6.32. The number of rotatable bonds is 3. The van der Waals surface area contributed by atoms with Crippen LogP contribution in [-0.2, 0) is 0 Å². The number of nitrogens with zero attached hydrogens (tertiary/aromatic N) is 3. The standard InChI is InChI=1S/C17H22BrN3/c1-20(2)12-13-6-9-21(10-7-13)17-5-8-19-16-4-3-14(18)11-15(16)17/h3-5,8,11,13H,6-7,9-10,12H2,1-2H3. The fraction of sp³-hybridized carbons (Fsp3) is 0.471. The first-order chi connectivity index (χ1) is 10.1. The smallest absolute Gasteiger partial charge is 0.0723 e. The van der Waals surface area contributed by atoms with Crippen LogP contribution in [0.5, 0.6) is 0 Å². The SMILES string of the molecule is CN(C)CC1CCN(c2ccnc3ccc(Br)cc23)CC1. The first-order valence-electron chi connectivity index (χ1n) is 7.57. The minimum atomic E-state index is 0.830. The number of hydrogen-bond donors (Lipinski definition) is 0. The zero-order chi connectivity index (χ0) is 14.8. The van der Waals surface area contributed by atoms with Crippen LogP contribution in [0.4, 0.5) is 5.69 Å². The predicted molar refractivity (Wildman–Crippen MR) is 92.9 cm³/mol. The third kappa shape index (κ3) is 3.38. The van der Waals surface area contributed by atoms with Crippen molar-refractivity contribution in [3.8, 4) is 0 Å². The van der Waals surface area contributed by atoms with Crippen LogP contribution in [-0.4, -0.2) is 43.6 Å². The van der Waals surface area contributed by atoms with Crippen molar-refractivity contribution in [3.63, 3.8) is 0 Å². The van der Waals surface area contributed by atoms with Gasteiger partial charge in [-0.3, -0.25) is 4.98 Å². The number of halogens is 1. The van der Waals surface area contributed by atoms with Crippen LogP contribution in [0.25, 0.3) is 10.9 Å². The van der Waals surface area contributed by atoms with Gasteiger partial charge in [-0.25, -0.2) is 0 Å². The molecule has 1 aromatic carbocycles. The van der Waals surface area contributed by atoms with Crippen molar-refractivity contribution in [3.05, 3.63) is 34.9 Å². The molecule has 112 valence electrons. The van der Waals surface area contributed by atoms with Crippen LogP contribution in [0.1, 0.15) is 12.8 Å². The van der Waals surface area contributed by atoms with Crippen molar-refractivity contribution in [1.29, 1.82) is 0 Å². The third-order valence-electron chi connectivity index (χ3n) is 4.26. The molecule has 21 heavy (non-hydrogen) atoms. The van der Waals surface area contributed by atoms with Gasteiger partial charge in [-0.15, -0.1) is 0 Å². The van der Waals surface area contributed by atoms with Gasteiger partial charge < -0.3 is 9.80 Å². The van der Waals surface area contributed by atoms with E-state index in [2.05, 4.69) is 69.1 Å². The molecule has 4 heteroatoms. The first kappa shape index (κ1) is 14.8. The Labute approximate surface area is 135 Å². The summed E-state index contributed by atoms with van der Waals surface area (Å²) >= 11 is 3.58. The van der Waals surface area contributed by atoms with Gasteiger partial charge in [0.15, 0.2) is 0 Å². The van der Waals surface area contributed by atoms with E-state index in [0.717, 1.165) is 29.0 Å². The molecule has 0 bridgehead atoms. The molecule has 0 radical (unpaired) electrons. The normalized spacial score (nSPS) is 16.9. The van der Waals surface area contributed by atoms with Crippen molar-refractivity contribution in [2.75, 3.05) is 38.6 Å². The summed E-state index contributed by atoms with van der Waals surface area (Å²) in [4.78, 5) is 9.30. The van der Waals surface area contributed by atoms with E-state index in [1.165, 1.54) is 30.5 Å². The molecule has 2 aromatic rings. The van der Waals surface area contributed by atoms with Crippen molar-refractivity contribution >= 4 is 32.5 Å². The molecule has 0 N–H and O–H groups in total. The van der Waals surface area contributed by atoms with Crippen molar-refractivity contribution < 1.29 is 0 Å². The molecule has 0 saturated carbocycles. The van der Waals surface area contributed by atoms with E-state index >= 15 is 0 Å². The number of hydrogen-bond acceptors (Lipinski definition) is 3. The maximum absolute atomic E-state index is 4.48. The van der Waals surface area contributed by atoms with Gasteiger partial charge in [-0.2, -0.15) is 0 Å². The van der Waals surface area contributed by atoms with E-state index < -0.39 is 0 Å². The summed E-state index contributed by atoms with van der Waals surface area (Å²) in [7, 11) is 4.33. The number of fused-ring (bicyclic) bond motifs is 1. The van der Waals surface area contributed by atoms with Crippen LogP contribution in [0.2, 0.25) is 0 Å². The van der Waals surface area contributed by atoms with E-state index in [1.54, 1.807) is 0 Å². The summed E-state index contributed by atoms with van der Waals surface area (Å²) in [6.45, 7) is 3.49. The van der Waals surface area contributed by atoms with E-state index in [4.69, 9.17) is 0 Å². The van der Waals surface area contributed by atoms with Crippen molar-refractivity contribution in [2.45, 2.75) is 12.8 Å². The molecule has 0 unspecified atom stereocenters. The Morgan fingerprint density at radius 1 is 1.24 bits per heavy atom. The Morgan fingerprint density at radius 3 is 2.71 bits per heavy atom. The molecule has 3 rings (SSSR count). The zero-order valence-corrected chi connectivity index (χ0v) is 14.3. The Kier molecular flexibility index (Phi) is 4.45. The maximum atomic E-state index is 4.48. The average Bonchev–Trinajstić information content (AvgIpc) is 2.47. The minimum absolute atomic E-state index is 0.830. The highest BCUT2D eigenvalue weighted by atomic mass is 79.9. The summed E-state index contributed by atoms with van der Waals surface area (Å²) in [5.41, 5.74) is 2.40. The highest BCUT2D eigenvalue weighted by molar-refractivity contribution is 9.10. The largest absolute Gasteiger partial charge is 0.371 e. The van der Waals surface area contributed by atoms with E-state index in [1.807, 2.05) is 6.20 Å². The van der Waals surface area contributed by atoms with Gasteiger partial charge in [0.25, 0.3) is 0 Å². The van der Waals surface area contributed by atoms with Crippen LogP contribution < -0.4 is 4.90 Å². The minimum Gasteiger partial charge on any atom is -0.371 e.